The highest BCUT2D eigenvalue weighted by Crippen LogP contribution is 2.20. The van der Waals surface area contributed by atoms with Gasteiger partial charge in [-0.25, -0.2) is 4.79 Å². The van der Waals surface area contributed by atoms with Crippen LogP contribution in [0.25, 0.3) is 0 Å². The smallest absolute Gasteiger partial charge is 0.337 e. The van der Waals surface area contributed by atoms with Crippen LogP contribution in [0.4, 0.5) is 5.69 Å². The number of nitrogens with one attached hydrogen (secondary N) is 1. The molecule has 0 aliphatic heterocycles. The minimum atomic E-state index is -1.03. The molecule has 100 valence electrons. The Labute approximate surface area is 115 Å². The Morgan fingerprint density at radius 1 is 1.47 bits per heavy atom. The lowest BCUT2D eigenvalue weighted by atomic mass is 10.2. The van der Waals surface area contributed by atoms with Crippen molar-refractivity contribution in [2.24, 2.45) is 0 Å². The molecule has 0 aliphatic rings. The molecule has 0 spiro atoms. The van der Waals surface area contributed by atoms with E-state index in [9.17, 15) is 4.79 Å². The van der Waals surface area contributed by atoms with E-state index in [4.69, 9.17) is 16.7 Å². The number of nitrogens with zero attached hydrogens (tertiary/aromatic N) is 3. The molecule has 0 aliphatic carbocycles. The Bertz CT molecular complexity index is 557. The number of rotatable bonds is 6. The Balaban J connectivity index is 1.83. The van der Waals surface area contributed by atoms with Gasteiger partial charge in [0.1, 0.15) is 0 Å². The molecule has 0 atom stereocenters. The van der Waals surface area contributed by atoms with Gasteiger partial charge in [-0.15, -0.1) is 5.10 Å². The highest BCUT2D eigenvalue weighted by molar-refractivity contribution is 6.33. The number of aryl methyl sites for hydroxylation is 1. The van der Waals surface area contributed by atoms with Crippen LogP contribution < -0.4 is 5.32 Å². The zero-order chi connectivity index (χ0) is 13.7. The molecule has 2 aromatic rings. The monoisotopic (exact) mass is 280 g/mol. The standard InChI is InChI=1S/C12H13ClN4O2/c13-11-8-9(2-3-10(11)12(18)19)14-4-1-6-17-7-5-15-16-17/h2-3,5,7-8,14H,1,4,6H2,(H,18,19). The fourth-order valence-corrected chi connectivity index (χ4v) is 1.89. The first-order valence-corrected chi connectivity index (χ1v) is 6.15. The van der Waals surface area contributed by atoms with E-state index in [0.717, 1.165) is 25.2 Å². The molecule has 0 amide bonds. The van der Waals surface area contributed by atoms with Crippen molar-refractivity contribution < 1.29 is 9.90 Å². The summed E-state index contributed by atoms with van der Waals surface area (Å²) in [7, 11) is 0. The molecular formula is C12H13ClN4O2. The molecule has 0 radical (unpaired) electrons. The number of carboxylic acid groups (broad SMARTS) is 1. The van der Waals surface area contributed by atoms with Crippen LogP contribution in [0.15, 0.2) is 30.6 Å². The number of hydrogen-bond acceptors (Lipinski definition) is 4. The van der Waals surface area contributed by atoms with Crippen molar-refractivity contribution in [2.75, 3.05) is 11.9 Å². The summed E-state index contributed by atoms with van der Waals surface area (Å²) in [5, 5.41) is 19.8. The Morgan fingerprint density at radius 2 is 2.32 bits per heavy atom. The van der Waals surface area contributed by atoms with Crippen molar-refractivity contribution in [3.8, 4) is 0 Å². The van der Waals surface area contributed by atoms with Gasteiger partial charge in [-0.05, 0) is 24.6 Å². The number of carboxylic acids is 1. The van der Waals surface area contributed by atoms with Crippen molar-refractivity contribution >= 4 is 23.3 Å². The van der Waals surface area contributed by atoms with E-state index in [0.29, 0.717) is 0 Å². The van der Waals surface area contributed by atoms with E-state index in [-0.39, 0.29) is 10.6 Å². The van der Waals surface area contributed by atoms with Crippen molar-refractivity contribution in [1.29, 1.82) is 0 Å². The summed E-state index contributed by atoms with van der Waals surface area (Å²) in [6.07, 6.45) is 4.32. The zero-order valence-electron chi connectivity index (χ0n) is 10.1. The lowest BCUT2D eigenvalue weighted by Gasteiger charge is -2.07. The first kappa shape index (κ1) is 13.4. The minimum absolute atomic E-state index is 0.106. The number of anilines is 1. The van der Waals surface area contributed by atoms with Crippen LogP contribution in [0, 0.1) is 0 Å². The molecule has 0 unspecified atom stereocenters. The summed E-state index contributed by atoms with van der Waals surface area (Å²) < 4.78 is 1.75. The summed E-state index contributed by atoms with van der Waals surface area (Å²) in [6.45, 7) is 1.51. The summed E-state index contributed by atoms with van der Waals surface area (Å²) >= 11 is 5.88. The molecule has 2 rings (SSSR count). The second-order valence-electron chi connectivity index (χ2n) is 3.95. The molecule has 1 heterocycles. The van der Waals surface area contributed by atoms with E-state index in [1.165, 1.54) is 6.07 Å². The number of aromatic nitrogens is 3. The first-order chi connectivity index (χ1) is 9.16. The second-order valence-corrected chi connectivity index (χ2v) is 4.35. The number of benzene rings is 1. The molecule has 2 N–H and O–H groups in total. The lowest BCUT2D eigenvalue weighted by molar-refractivity contribution is 0.0697. The predicted molar refractivity (Wildman–Crippen MR) is 71.5 cm³/mol. The van der Waals surface area contributed by atoms with Gasteiger partial charge in [-0.1, -0.05) is 16.8 Å². The third-order valence-corrected chi connectivity index (χ3v) is 2.88. The van der Waals surface area contributed by atoms with Gasteiger partial charge in [0.15, 0.2) is 0 Å². The Morgan fingerprint density at radius 3 is 2.95 bits per heavy atom. The first-order valence-electron chi connectivity index (χ1n) is 5.77. The minimum Gasteiger partial charge on any atom is -0.478 e. The maximum atomic E-state index is 10.8. The second kappa shape index (κ2) is 6.19. The van der Waals surface area contributed by atoms with E-state index >= 15 is 0 Å². The fourth-order valence-electron chi connectivity index (χ4n) is 1.62. The lowest BCUT2D eigenvalue weighted by Crippen LogP contribution is -2.07. The van der Waals surface area contributed by atoms with Crippen LogP contribution in [-0.2, 0) is 6.54 Å². The van der Waals surface area contributed by atoms with Gasteiger partial charge in [-0.3, -0.25) is 4.68 Å². The highest BCUT2D eigenvalue weighted by atomic mass is 35.5. The van der Waals surface area contributed by atoms with Crippen LogP contribution >= 0.6 is 11.6 Å². The van der Waals surface area contributed by atoms with Gasteiger partial charge >= 0.3 is 5.97 Å². The summed E-state index contributed by atoms with van der Waals surface area (Å²) in [4.78, 5) is 10.8. The Hall–Kier alpha value is -2.08. The van der Waals surface area contributed by atoms with E-state index in [2.05, 4.69) is 15.6 Å². The SMILES string of the molecule is O=C(O)c1ccc(NCCCn2ccnn2)cc1Cl. The molecule has 0 saturated heterocycles. The molecule has 0 bridgehead atoms. The van der Waals surface area contributed by atoms with Crippen LogP contribution in [-0.4, -0.2) is 32.6 Å². The third-order valence-electron chi connectivity index (χ3n) is 2.56. The normalized spacial score (nSPS) is 10.4. The molecule has 1 aromatic heterocycles. The van der Waals surface area contributed by atoms with Crippen LogP contribution in [0.5, 0.6) is 0 Å². The van der Waals surface area contributed by atoms with Crippen LogP contribution in [0.1, 0.15) is 16.8 Å². The van der Waals surface area contributed by atoms with Gasteiger partial charge in [0.05, 0.1) is 16.8 Å². The summed E-state index contributed by atoms with van der Waals surface area (Å²) in [6, 6.07) is 4.80. The molecule has 0 saturated carbocycles. The zero-order valence-corrected chi connectivity index (χ0v) is 10.8. The molecule has 19 heavy (non-hydrogen) atoms. The molecular weight excluding hydrogens is 268 g/mol. The maximum Gasteiger partial charge on any atom is 0.337 e. The number of carbonyl (C=O) groups is 1. The quantitative estimate of drug-likeness (QED) is 0.793. The molecule has 6 nitrogen and oxygen atoms in total. The van der Waals surface area contributed by atoms with E-state index in [1.807, 2.05) is 0 Å². The molecule has 0 fully saturated rings. The molecule has 1 aromatic carbocycles. The average molecular weight is 281 g/mol. The number of hydrogen-bond donors (Lipinski definition) is 2. The summed E-state index contributed by atoms with van der Waals surface area (Å²) in [5.41, 5.74) is 0.906. The predicted octanol–water partition coefficient (Wildman–Crippen LogP) is 2.13. The molecule has 7 heteroatoms. The average Bonchev–Trinajstić information content (AvgIpc) is 2.87. The van der Waals surface area contributed by atoms with Crippen molar-refractivity contribution in [3.63, 3.8) is 0 Å². The van der Waals surface area contributed by atoms with Crippen LogP contribution in [0.3, 0.4) is 0 Å². The van der Waals surface area contributed by atoms with Crippen molar-refractivity contribution in [1.82, 2.24) is 15.0 Å². The summed E-state index contributed by atoms with van der Waals surface area (Å²) in [5.74, 6) is -1.03. The topological polar surface area (TPSA) is 80.0 Å². The van der Waals surface area contributed by atoms with Gasteiger partial charge in [0.25, 0.3) is 0 Å². The van der Waals surface area contributed by atoms with E-state index in [1.54, 1.807) is 29.2 Å². The Kier molecular flexibility index (Phi) is 4.35. The van der Waals surface area contributed by atoms with Gasteiger partial charge in [-0.2, -0.15) is 0 Å². The van der Waals surface area contributed by atoms with Crippen LogP contribution in [0.2, 0.25) is 5.02 Å². The van der Waals surface area contributed by atoms with Gasteiger partial charge in [0.2, 0.25) is 0 Å². The van der Waals surface area contributed by atoms with Crippen molar-refractivity contribution in [2.45, 2.75) is 13.0 Å². The highest BCUT2D eigenvalue weighted by Gasteiger charge is 2.08. The number of halogens is 1. The fraction of sp³-hybridized carbons (Fsp3) is 0.250. The third kappa shape index (κ3) is 3.69. The van der Waals surface area contributed by atoms with E-state index < -0.39 is 5.97 Å². The van der Waals surface area contributed by atoms with Crippen molar-refractivity contribution in [3.05, 3.63) is 41.2 Å². The maximum absolute atomic E-state index is 10.8. The van der Waals surface area contributed by atoms with Gasteiger partial charge < -0.3 is 10.4 Å². The largest absolute Gasteiger partial charge is 0.478 e. The number of aromatic carboxylic acids is 1. The van der Waals surface area contributed by atoms with Gasteiger partial charge in [0, 0.05) is 25.0 Å².